The Labute approximate surface area is 144 Å². The summed E-state index contributed by atoms with van der Waals surface area (Å²) in [6.45, 7) is 7.92. The van der Waals surface area contributed by atoms with Gasteiger partial charge >= 0.3 is 0 Å². The van der Waals surface area contributed by atoms with Crippen molar-refractivity contribution in [3.8, 4) is 0 Å². The third-order valence-electron chi connectivity index (χ3n) is 4.23. The molecule has 2 aliphatic rings. The van der Waals surface area contributed by atoms with Crippen LogP contribution in [0.1, 0.15) is 22.6 Å². The first-order valence-electron chi connectivity index (χ1n) is 7.42. The maximum Gasteiger partial charge on any atom is 0.272 e. The topological polar surface area (TPSA) is 48.5 Å². The van der Waals surface area contributed by atoms with Crippen molar-refractivity contribution in [1.29, 1.82) is 0 Å². The quantitative estimate of drug-likeness (QED) is 0.878. The number of nitrogens with zero attached hydrogens (tertiary/aromatic N) is 3. The maximum absolute atomic E-state index is 12.5. The Balaban J connectivity index is 0.00000121. The predicted molar refractivity (Wildman–Crippen MR) is 92.2 cm³/mol. The number of hydrogen-bond donors (Lipinski definition) is 1. The van der Waals surface area contributed by atoms with Gasteiger partial charge in [-0.25, -0.2) is 4.98 Å². The first-order chi connectivity index (χ1) is 9.74. The largest absolute Gasteiger partial charge is 0.336 e. The van der Waals surface area contributed by atoms with Crippen molar-refractivity contribution in [2.45, 2.75) is 19.4 Å². The molecule has 0 radical (unpaired) electrons. The molecule has 2 aliphatic heterocycles. The lowest BCUT2D eigenvalue weighted by Crippen LogP contribution is -2.49. The number of amides is 1. The number of aromatic nitrogens is 1. The van der Waals surface area contributed by atoms with Crippen molar-refractivity contribution in [1.82, 2.24) is 20.1 Å². The molecule has 0 aromatic carbocycles. The second kappa shape index (κ2) is 8.67. The van der Waals surface area contributed by atoms with Crippen LogP contribution in [0, 0.1) is 6.92 Å². The third kappa shape index (κ3) is 4.32. The summed E-state index contributed by atoms with van der Waals surface area (Å²) >= 11 is 0. The van der Waals surface area contributed by atoms with E-state index in [0.717, 1.165) is 51.4 Å². The number of piperazine rings is 1. The summed E-state index contributed by atoms with van der Waals surface area (Å²) in [5, 5.41) is 3.37. The van der Waals surface area contributed by atoms with Gasteiger partial charge in [0.15, 0.2) is 0 Å². The lowest BCUT2D eigenvalue weighted by molar-refractivity contribution is 0.0767. The normalized spacial score (nSPS) is 21.9. The molecule has 1 amide bonds. The molecule has 3 rings (SSSR count). The fraction of sp³-hybridized carbons (Fsp3) is 0.600. The molecule has 0 spiro atoms. The molecule has 1 N–H and O–H groups in total. The van der Waals surface area contributed by atoms with Gasteiger partial charge in [0.05, 0.1) is 0 Å². The van der Waals surface area contributed by atoms with E-state index in [1.54, 1.807) is 0 Å². The van der Waals surface area contributed by atoms with Crippen molar-refractivity contribution in [3.63, 3.8) is 0 Å². The molecule has 1 aromatic heterocycles. The van der Waals surface area contributed by atoms with E-state index in [2.05, 4.69) is 15.2 Å². The molecule has 1 atom stereocenters. The number of hydrogen-bond acceptors (Lipinski definition) is 4. The molecule has 0 aliphatic carbocycles. The fourth-order valence-corrected chi connectivity index (χ4v) is 3.10. The second-order valence-corrected chi connectivity index (χ2v) is 5.64. The number of carbonyl (C=O) groups excluding carboxylic acids is 1. The van der Waals surface area contributed by atoms with Crippen molar-refractivity contribution >= 4 is 30.7 Å². The van der Waals surface area contributed by atoms with Crippen LogP contribution in [0.25, 0.3) is 0 Å². The lowest BCUT2D eigenvalue weighted by Gasteiger charge is -2.32. The van der Waals surface area contributed by atoms with Gasteiger partial charge in [0.2, 0.25) is 0 Å². The van der Waals surface area contributed by atoms with E-state index < -0.39 is 0 Å². The standard InChI is InChI=1S/C15H22N4O.2ClH/c1-12-3-2-4-14(17-12)15(20)19-8-5-13(11-19)18-9-6-16-7-10-18;;/h2-4,13,16H,5-11H2,1H3;2*1H. The van der Waals surface area contributed by atoms with E-state index in [-0.39, 0.29) is 30.7 Å². The number of pyridine rings is 1. The van der Waals surface area contributed by atoms with Crippen LogP contribution in [-0.4, -0.2) is 66.0 Å². The number of likely N-dealkylation sites (tertiary alicyclic amines) is 1. The Morgan fingerprint density at radius 3 is 2.64 bits per heavy atom. The van der Waals surface area contributed by atoms with Crippen LogP contribution in [0.3, 0.4) is 0 Å². The molecule has 0 bridgehead atoms. The Bertz CT molecular complexity index is 494. The van der Waals surface area contributed by atoms with Gasteiger partial charge in [0.25, 0.3) is 5.91 Å². The number of carbonyl (C=O) groups is 1. The van der Waals surface area contributed by atoms with E-state index in [1.165, 1.54) is 0 Å². The highest BCUT2D eigenvalue weighted by atomic mass is 35.5. The van der Waals surface area contributed by atoms with Gasteiger partial charge in [-0.05, 0) is 25.5 Å². The Kier molecular flexibility index (Phi) is 7.56. The zero-order chi connectivity index (χ0) is 13.9. The van der Waals surface area contributed by atoms with Crippen LogP contribution >= 0.6 is 24.8 Å². The fourth-order valence-electron chi connectivity index (χ4n) is 3.10. The van der Waals surface area contributed by atoms with Gasteiger partial charge in [-0.2, -0.15) is 0 Å². The summed E-state index contributed by atoms with van der Waals surface area (Å²) in [7, 11) is 0. The summed E-state index contributed by atoms with van der Waals surface area (Å²) in [4.78, 5) is 21.3. The third-order valence-corrected chi connectivity index (χ3v) is 4.23. The summed E-state index contributed by atoms with van der Waals surface area (Å²) in [6, 6.07) is 6.16. The van der Waals surface area contributed by atoms with E-state index in [0.29, 0.717) is 11.7 Å². The molecule has 22 heavy (non-hydrogen) atoms. The Morgan fingerprint density at radius 2 is 1.95 bits per heavy atom. The van der Waals surface area contributed by atoms with Crippen LogP contribution < -0.4 is 5.32 Å². The van der Waals surface area contributed by atoms with Crippen molar-refractivity contribution in [2.24, 2.45) is 0 Å². The minimum atomic E-state index is 0. The smallest absolute Gasteiger partial charge is 0.272 e. The van der Waals surface area contributed by atoms with Crippen LogP contribution in [0.4, 0.5) is 0 Å². The highest BCUT2D eigenvalue weighted by Gasteiger charge is 2.31. The Morgan fingerprint density at radius 1 is 1.23 bits per heavy atom. The van der Waals surface area contributed by atoms with Gasteiger partial charge in [0, 0.05) is 51.0 Å². The molecule has 7 heteroatoms. The average Bonchev–Trinajstić information content (AvgIpc) is 2.97. The first kappa shape index (κ1) is 19.2. The van der Waals surface area contributed by atoms with Crippen LogP contribution in [0.2, 0.25) is 0 Å². The van der Waals surface area contributed by atoms with E-state index >= 15 is 0 Å². The SMILES string of the molecule is Cc1cccc(C(=O)N2CCC(N3CCNCC3)C2)n1.Cl.Cl. The van der Waals surface area contributed by atoms with Crippen LogP contribution in [0.15, 0.2) is 18.2 Å². The summed E-state index contributed by atoms with van der Waals surface area (Å²) in [5.41, 5.74) is 1.47. The molecule has 3 heterocycles. The number of halogens is 2. The van der Waals surface area contributed by atoms with Gasteiger partial charge in [-0.1, -0.05) is 6.07 Å². The van der Waals surface area contributed by atoms with Crippen molar-refractivity contribution in [2.75, 3.05) is 39.3 Å². The molecule has 2 fully saturated rings. The maximum atomic E-state index is 12.5. The summed E-state index contributed by atoms with van der Waals surface area (Å²) in [5.74, 6) is 0.0753. The highest BCUT2D eigenvalue weighted by molar-refractivity contribution is 5.92. The van der Waals surface area contributed by atoms with E-state index in [9.17, 15) is 4.79 Å². The zero-order valence-electron chi connectivity index (χ0n) is 12.8. The summed E-state index contributed by atoms with van der Waals surface area (Å²) in [6.07, 6.45) is 1.08. The van der Waals surface area contributed by atoms with Gasteiger partial charge in [-0.3, -0.25) is 9.69 Å². The molecular formula is C15H24Cl2N4O. The first-order valence-corrected chi connectivity index (χ1v) is 7.42. The molecule has 124 valence electrons. The van der Waals surface area contributed by atoms with Gasteiger partial charge < -0.3 is 10.2 Å². The molecule has 5 nitrogen and oxygen atoms in total. The summed E-state index contributed by atoms with van der Waals surface area (Å²) < 4.78 is 0. The zero-order valence-corrected chi connectivity index (χ0v) is 14.5. The number of aryl methyl sites for hydroxylation is 1. The number of nitrogens with one attached hydrogen (secondary N) is 1. The van der Waals surface area contributed by atoms with Crippen molar-refractivity contribution in [3.05, 3.63) is 29.6 Å². The molecule has 1 aromatic rings. The molecule has 1 unspecified atom stereocenters. The minimum absolute atomic E-state index is 0. The van der Waals surface area contributed by atoms with E-state index in [4.69, 9.17) is 0 Å². The molecule has 0 saturated carbocycles. The highest BCUT2D eigenvalue weighted by Crippen LogP contribution is 2.18. The molecular weight excluding hydrogens is 323 g/mol. The minimum Gasteiger partial charge on any atom is -0.336 e. The van der Waals surface area contributed by atoms with E-state index in [1.807, 2.05) is 30.0 Å². The average molecular weight is 347 g/mol. The van der Waals surface area contributed by atoms with Gasteiger partial charge in [-0.15, -0.1) is 24.8 Å². The predicted octanol–water partition coefficient (Wildman–Crippen LogP) is 1.35. The monoisotopic (exact) mass is 346 g/mol. The van der Waals surface area contributed by atoms with Crippen LogP contribution in [0.5, 0.6) is 0 Å². The lowest BCUT2D eigenvalue weighted by atomic mass is 10.2. The number of rotatable bonds is 2. The Hall–Kier alpha value is -0.880. The van der Waals surface area contributed by atoms with Crippen molar-refractivity contribution < 1.29 is 4.79 Å². The second-order valence-electron chi connectivity index (χ2n) is 5.64. The van der Waals surface area contributed by atoms with Gasteiger partial charge in [0.1, 0.15) is 5.69 Å². The van der Waals surface area contributed by atoms with Crippen LogP contribution in [-0.2, 0) is 0 Å². The molecule has 2 saturated heterocycles.